The first kappa shape index (κ1) is 14.3. The van der Waals surface area contributed by atoms with Crippen molar-refractivity contribution in [1.82, 2.24) is 4.90 Å². The average Bonchev–Trinajstić information content (AvgIpc) is 2.89. The highest BCUT2D eigenvalue weighted by molar-refractivity contribution is 9.10. The van der Waals surface area contributed by atoms with E-state index < -0.39 is 0 Å². The Balaban J connectivity index is 2.09. The van der Waals surface area contributed by atoms with Gasteiger partial charge in [-0.3, -0.25) is 9.59 Å². The highest BCUT2D eigenvalue weighted by Gasteiger charge is 2.32. The fraction of sp³-hybridized carbons (Fsp3) is 0.385. The number of ether oxygens (including phenoxy) is 1. The van der Waals surface area contributed by atoms with Gasteiger partial charge in [-0.2, -0.15) is 0 Å². The first-order valence-electron chi connectivity index (χ1n) is 5.85. The first-order valence-corrected chi connectivity index (χ1v) is 7.02. The van der Waals surface area contributed by atoms with Gasteiger partial charge in [0.05, 0.1) is 18.1 Å². The number of hydrogen-bond acceptors (Lipinski definition) is 3. The Morgan fingerprint density at radius 2 is 2.21 bits per heavy atom. The van der Waals surface area contributed by atoms with E-state index >= 15 is 0 Å². The van der Waals surface area contributed by atoms with E-state index in [-0.39, 0.29) is 17.8 Å². The molecule has 0 spiro atoms. The molecule has 0 radical (unpaired) electrons. The summed E-state index contributed by atoms with van der Waals surface area (Å²) in [6.07, 6.45) is 0.642. The summed E-state index contributed by atoms with van der Waals surface area (Å²) in [5, 5.41) is 0.495. The fourth-order valence-electron chi connectivity index (χ4n) is 2.12. The molecule has 0 aromatic heterocycles. The average molecular weight is 347 g/mol. The molecule has 1 aromatic rings. The predicted molar refractivity (Wildman–Crippen MR) is 75.2 cm³/mol. The van der Waals surface area contributed by atoms with Crippen molar-refractivity contribution in [2.45, 2.75) is 6.42 Å². The third kappa shape index (κ3) is 3.09. The molecule has 1 saturated heterocycles. The lowest BCUT2D eigenvalue weighted by Gasteiger charge is -2.16. The van der Waals surface area contributed by atoms with Crippen LogP contribution in [0.5, 0.6) is 0 Å². The van der Waals surface area contributed by atoms with E-state index in [1.54, 1.807) is 23.1 Å². The van der Waals surface area contributed by atoms with Crippen LogP contribution in [0.2, 0.25) is 5.02 Å². The number of hydrogen-bond donors (Lipinski definition) is 0. The Morgan fingerprint density at radius 1 is 1.47 bits per heavy atom. The van der Waals surface area contributed by atoms with E-state index in [1.165, 1.54) is 7.11 Å². The van der Waals surface area contributed by atoms with Crippen LogP contribution < -0.4 is 0 Å². The number of rotatable bonds is 2. The smallest absolute Gasteiger partial charge is 0.310 e. The molecule has 1 aliphatic heterocycles. The second-order valence-electron chi connectivity index (χ2n) is 4.39. The van der Waals surface area contributed by atoms with Crippen LogP contribution in [-0.2, 0) is 9.53 Å². The summed E-state index contributed by atoms with van der Waals surface area (Å²) < 4.78 is 5.45. The molecule has 19 heavy (non-hydrogen) atoms. The molecule has 1 atom stereocenters. The Hall–Kier alpha value is -1.07. The van der Waals surface area contributed by atoms with Crippen LogP contribution in [0.15, 0.2) is 22.7 Å². The minimum atomic E-state index is -0.260. The quantitative estimate of drug-likeness (QED) is 0.774. The zero-order chi connectivity index (χ0) is 14.0. The Morgan fingerprint density at radius 3 is 2.84 bits per heavy atom. The monoisotopic (exact) mass is 345 g/mol. The first-order chi connectivity index (χ1) is 9.02. The number of carbonyl (C=O) groups is 2. The molecule has 4 nitrogen and oxygen atoms in total. The Labute approximate surface area is 124 Å². The van der Waals surface area contributed by atoms with Crippen molar-refractivity contribution in [3.63, 3.8) is 0 Å². The third-order valence-corrected chi connectivity index (χ3v) is 4.41. The summed E-state index contributed by atoms with van der Waals surface area (Å²) in [5.74, 6) is -0.593. The van der Waals surface area contributed by atoms with E-state index in [0.29, 0.717) is 30.1 Å². The van der Waals surface area contributed by atoms with Crippen LogP contribution in [0, 0.1) is 5.92 Å². The summed E-state index contributed by atoms with van der Waals surface area (Å²) in [4.78, 5) is 25.4. The molecule has 2 rings (SSSR count). The molecule has 102 valence electrons. The topological polar surface area (TPSA) is 46.6 Å². The summed E-state index contributed by atoms with van der Waals surface area (Å²) in [6, 6.07) is 5.08. The number of likely N-dealkylation sites (tertiary alicyclic amines) is 1. The lowest BCUT2D eigenvalue weighted by Crippen LogP contribution is -2.30. The van der Waals surface area contributed by atoms with Crippen molar-refractivity contribution >= 4 is 39.4 Å². The Bertz CT molecular complexity index is 521. The van der Waals surface area contributed by atoms with Gasteiger partial charge in [0.1, 0.15) is 0 Å². The minimum Gasteiger partial charge on any atom is -0.469 e. The predicted octanol–water partition coefficient (Wildman–Crippen LogP) is 2.74. The SMILES string of the molecule is COC(=O)C1CCN(C(=O)c2ccc(Br)c(Cl)c2)C1. The number of benzene rings is 1. The van der Waals surface area contributed by atoms with Crippen LogP contribution in [0.4, 0.5) is 0 Å². The highest BCUT2D eigenvalue weighted by atomic mass is 79.9. The molecule has 1 fully saturated rings. The minimum absolute atomic E-state index is 0.110. The Kier molecular flexibility index (Phi) is 4.47. The van der Waals surface area contributed by atoms with Gasteiger partial charge in [0, 0.05) is 23.1 Å². The van der Waals surface area contributed by atoms with Gasteiger partial charge in [-0.25, -0.2) is 0 Å². The van der Waals surface area contributed by atoms with Gasteiger partial charge in [0.15, 0.2) is 0 Å². The van der Waals surface area contributed by atoms with Gasteiger partial charge in [-0.1, -0.05) is 11.6 Å². The normalized spacial score (nSPS) is 18.5. The zero-order valence-corrected chi connectivity index (χ0v) is 12.7. The van der Waals surface area contributed by atoms with Gasteiger partial charge >= 0.3 is 5.97 Å². The molecule has 0 saturated carbocycles. The van der Waals surface area contributed by atoms with Crippen molar-refractivity contribution in [3.05, 3.63) is 33.3 Å². The van der Waals surface area contributed by atoms with Gasteiger partial charge in [-0.05, 0) is 40.5 Å². The lowest BCUT2D eigenvalue weighted by molar-refractivity contribution is -0.144. The fourth-order valence-corrected chi connectivity index (χ4v) is 2.54. The number of nitrogens with zero attached hydrogens (tertiary/aromatic N) is 1. The van der Waals surface area contributed by atoms with Crippen LogP contribution in [0.3, 0.4) is 0 Å². The molecule has 1 amide bonds. The van der Waals surface area contributed by atoms with Crippen molar-refractivity contribution in [1.29, 1.82) is 0 Å². The van der Waals surface area contributed by atoms with Crippen LogP contribution in [-0.4, -0.2) is 37.0 Å². The van der Waals surface area contributed by atoms with Gasteiger partial charge in [-0.15, -0.1) is 0 Å². The second kappa shape index (κ2) is 5.92. The van der Waals surface area contributed by atoms with Crippen molar-refractivity contribution < 1.29 is 14.3 Å². The number of amides is 1. The molecule has 0 aliphatic carbocycles. The van der Waals surface area contributed by atoms with E-state index in [9.17, 15) is 9.59 Å². The molecular weight excluding hydrogens is 334 g/mol. The number of carbonyl (C=O) groups excluding carboxylic acids is 2. The number of halogens is 2. The van der Waals surface area contributed by atoms with Gasteiger partial charge in [0.25, 0.3) is 5.91 Å². The summed E-state index contributed by atoms with van der Waals surface area (Å²) in [6.45, 7) is 0.964. The second-order valence-corrected chi connectivity index (χ2v) is 5.65. The number of esters is 1. The van der Waals surface area contributed by atoms with Crippen molar-refractivity contribution in [3.8, 4) is 0 Å². The highest BCUT2D eigenvalue weighted by Crippen LogP contribution is 2.25. The van der Waals surface area contributed by atoms with Crippen LogP contribution >= 0.6 is 27.5 Å². The molecule has 0 N–H and O–H groups in total. The molecule has 1 unspecified atom stereocenters. The lowest BCUT2D eigenvalue weighted by atomic mass is 10.1. The molecule has 1 aliphatic rings. The largest absolute Gasteiger partial charge is 0.469 e. The zero-order valence-electron chi connectivity index (χ0n) is 10.4. The summed E-state index contributed by atoms with van der Waals surface area (Å²) in [5.41, 5.74) is 0.527. The maximum Gasteiger partial charge on any atom is 0.310 e. The standard InChI is InChI=1S/C13H13BrClNO3/c1-19-13(18)9-4-5-16(7-9)12(17)8-2-3-10(14)11(15)6-8/h2-3,6,9H,4-5,7H2,1H3. The van der Waals surface area contributed by atoms with Crippen LogP contribution in [0.25, 0.3) is 0 Å². The van der Waals surface area contributed by atoms with E-state index in [1.807, 2.05) is 0 Å². The third-order valence-electron chi connectivity index (χ3n) is 3.18. The summed E-state index contributed by atoms with van der Waals surface area (Å²) in [7, 11) is 1.36. The molecule has 0 bridgehead atoms. The maximum absolute atomic E-state index is 12.3. The maximum atomic E-state index is 12.3. The summed E-state index contributed by atoms with van der Waals surface area (Å²) >= 11 is 9.26. The van der Waals surface area contributed by atoms with Crippen molar-refractivity contribution in [2.24, 2.45) is 5.92 Å². The van der Waals surface area contributed by atoms with Gasteiger partial charge < -0.3 is 9.64 Å². The molecular formula is C13H13BrClNO3. The van der Waals surface area contributed by atoms with Crippen molar-refractivity contribution in [2.75, 3.05) is 20.2 Å². The van der Waals surface area contributed by atoms with E-state index in [2.05, 4.69) is 15.9 Å². The molecule has 1 heterocycles. The van der Waals surface area contributed by atoms with Gasteiger partial charge in [0.2, 0.25) is 0 Å². The van der Waals surface area contributed by atoms with Crippen LogP contribution in [0.1, 0.15) is 16.8 Å². The van der Waals surface area contributed by atoms with E-state index in [0.717, 1.165) is 4.47 Å². The molecule has 6 heteroatoms. The van der Waals surface area contributed by atoms with E-state index in [4.69, 9.17) is 16.3 Å². The number of methoxy groups -OCH3 is 1. The molecule has 1 aromatic carbocycles.